The lowest BCUT2D eigenvalue weighted by molar-refractivity contribution is -0.143. The summed E-state index contributed by atoms with van der Waals surface area (Å²) in [6.45, 7) is 5.04. The molecular formula is C15H26N2O6. The van der Waals surface area contributed by atoms with Crippen molar-refractivity contribution in [2.45, 2.75) is 51.2 Å². The number of carbonyl (C=O) groups is 3. The predicted octanol–water partition coefficient (Wildman–Crippen LogP) is 0.428. The Bertz CT molecular complexity index is 459. The number of ether oxygens (including phenoxy) is 2. The van der Waals surface area contributed by atoms with Crippen LogP contribution >= 0.6 is 0 Å². The van der Waals surface area contributed by atoms with Gasteiger partial charge in [-0.25, -0.2) is 4.79 Å². The highest BCUT2D eigenvalue weighted by atomic mass is 16.6. The number of likely N-dealkylation sites (tertiary alicyclic amines) is 1. The van der Waals surface area contributed by atoms with Gasteiger partial charge in [-0.1, -0.05) is 0 Å². The first-order valence-electron chi connectivity index (χ1n) is 7.63. The van der Waals surface area contributed by atoms with Gasteiger partial charge in [0, 0.05) is 19.6 Å². The molecule has 0 bridgehead atoms. The van der Waals surface area contributed by atoms with Gasteiger partial charge in [0.2, 0.25) is 5.91 Å². The molecule has 23 heavy (non-hydrogen) atoms. The van der Waals surface area contributed by atoms with E-state index >= 15 is 0 Å². The summed E-state index contributed by atoms with van der Waals surface area (Å²) in [7, 11) is 1.22. The number of hydrogen-bond acceptors (Lipinski definition) is 6. The molecule has 0 radical (unpaired) electrons. The molecule has 1 fully saturated rings. The number of nitrogens with zero attached hydrogens (tertiary/aromatic N) is 1. The van der Waals surface area contributed by atoms with E-state index in [4.69, 9.17) is 4.74 Å². The first-order valence-corrected chi connectivity index (χ1v) is 7.63. The molecule has 1 heterocycles. The summed E-state index contributed by atoms with van der Waals surface area (Å²) in [6.07, 6.45) is 0.501. The number of hydrogen-bond donors (Lipinski definition) is 2. The number of carbonyl (C=O) groups excluding carboxylic acids is 3. The highest BCUT2D eigenvalue weighted by Crippen LogP contribution is 2.34. The molecule has 1 aliphatic heterocycles. The first kappa shape index (κ1) is 19.2. The Kier molecular flexibility index (Phi) is 6.37. The number of methoxy groups -OCH3 is 1. The van der Waals surface area contributed by atoms with Crippen LogP contribution in [0.4, 0.5) is 4.79 Å². The highest BCUT2D eigenvalue weighted by molar-refractivity contribution is 5.92. The van der Waals surface area contributed by atoms with Gasteiger partial charge >= 0.3 is 12.1 Å². The molecule has 2 amide bonds. The van der Waals surface area contributed by atoms with Crippen molar-refractivity contribution in [1.82, 2.24) is 10.2 Å². The van der Waals surface area contributed by atoms with Crippen molar-refractivity contribution in [3.8, 4) is 0 Å². The molecule has 0 aromatic rings. The summed E-state index contributed by atoms with van der Waals surface area (Å²) in [4.78, 5) is 37.5. The van der Waals surface area contributed by atoms with E-state index in [1.54, 1.807) is 20.8 Å². The zero-order valence-corrected chi connectivity index (χ0v) is 14.2. The molecule has 0 unspecified atom stereocenters. The normalized spacial score (nSPS) is 21.0. The SMILES string of the molecule is COC(=O)CNC(=O)[C@]1(CCO)CCCN1C(=O)OC(C)(C)C. The van der Waals surface area contributed by atoms with Crippen molar-refractivity contribution in [2.24, 2.45) is 0 Å². The number of nitrogens with one attached hydrogen (secondary N) is 1. The van der Waals surface area contributed by atoms with Gasteiger partial charge in [-0.05, 0) is 33.6 Å². The van der Waals surface area contributed by atoms with E-state index in [9.17, 15) is 19.5 Å². The lowest BCUT2D eigenvalue weighted by Crippen LogP contribution is -2.59. The van der Waals surface area contributed by atoms with Crippen LogP contribution in [0.5, 0.6) is 0 Å². The van der Waals surface area contributed by atoms with Gasteiger partial charge < -0.3 is 19.9 Å². The average Bonchev–Trinajstić information content (AvgIpc) is 2.88. The van der Waals surface area contributed by atoms with Gasteiger partial charge in [0.15, 0.2) is 0 Å². The fraction of sp³-hybridized carbons (Fsp3) is 0.800. The van der Waals surface area contributed by atoms with Crippen LogP contribution in [-0.4, -0.2) is 65.9 Å². The molecule has 132 valence electrons. The molecule has 0 aromatic carbocycles. The van der Waals surface area contributed by atoms with Gasteiger partial charge in [-0.3, -0.25) is 14.5 Å². The zero-order valence-electron chi connectivity index (χ0n) is 14.2. The fourth-order valence-corrected chi connectivity index (χ4v) is 2.65. The maximum Gasteiger partial charge on any atom is 0.411 e. The molecule has 0 aliphatic carbocycles. The summed E-state index contributed by atoms with van der Waals surface area (Å²) >= 11 is 0. The Morgan fingerprint density at radius 3 is 2.48 bits per heavy atom. The minimum Gasteiger partial charge on any atom is -0.468 e. The largest absolute Gasteiger partial charge is 0.468 e. The molecule has 1 atom stereocenters. The predicted molar refractivity (Wildman–Crippen MR) is 81.6 cm³/mol. The van der Waals surface area contributed by atoms with Crippen molar-refractivity contribution in [2.75, 3.05) is 26.8 Å². The number of amides is 2. The number of esters is 1. The lowest BCUT2D eigenvalue weighted by atomic mass is 9.91. The average molecular weight is 330 g/mol. The molecular weight excluding hydrogens is 304 g/mol. The van der Waals surface area contributed by atoms with E-state index in [0.29, 0.717) is 19.4 Å². The second-order valence-electron chi connectivity index (χ2n) is 6.50. The summed E-state index contributed by atoms with van der Waals surface area (Å²) in [5.74, 6) is -1.07. The molecule has 8 heteroatoms. The van der Waals surface area contributed by atoms with Crippen LogP contribution in [0.25, 0.3) is 0 Å². The first-order chi connectivity index (χ1) is 10.7. The van der Waals surface area contributed by atoms with Crippen LogP contribution < -0.4 is 5.32 Å². The van der Waals surface area contributed by atoms with Gasteiger partial charge in [0.25, 0.3) is 0 Å². The quantitative estimate of drug-likeness (QED) is 0.708. The summed E-state index contributed by atoms with van der Waals surface area (Å²) in [5.41, 5.74) is -1.89. The Morgan fingerprint density at radius 1 is 1.30 bits per heavy atom. The Balaban J connectivity index is 2.93. The zero-order chi connectivity index (χ0) is 17.7. The van der Waals surface area contributed by atoms with Gasteiger partial charge in [0.1, 0.15) is 17.7 Å². The molecule has 1 aliphatic rings. The van der Waals surface area contributed by atoms with Crippen molar-refractivity contribution in [3.05, 3.63) is 0 Å². The van der Waals surface area contributed by atoms with E-state index in [1.165, 1.54) is 12.0 Å². The topological polar surface area (TPSA) is 105 Å². The van der Waals surface area contributed by atoms with E-state index in [1.807, 2.05) is 0 Å². The summed E-state index contributed by atoms with van der Waals surface area (Å²) in [5, 5.41) is 11.8. The van der Waals surface area contributed by atoms with Crippen molar-refractivity contribution < 1.29 is 29.0 Å². The van der Waals surface area contributed by atoms with Gasteiger partial charge in [0.05, 0.1) is 7.11 Å². The van der Waals surface area contributed by atoms with Crippen LogP contribution in [0.2, 0.25) is 0 Å². The number of aliphatic hydroxyl groups is 1. The third-order valence-electron chi connectivity index (χ3n) is 3.67. The van der Waals surface area contributed by atoms with E-state index < -0.39 is 29.1 Å². The second kappa shape index (κ2) is 7.63. The van der Waals surface area contributed by atoms with Crippen LogP contribution in [0, 0.1) is 0 Å². The summed E-state index contributed by atoms with van der Waals surface area (Å²) < 4.78 is 9.84. The minimum absolute atomic E-state index is 0.0826. The van der Waals surface area contributed by atoms with E-state index in [-0.39, 0.29) is 19.6 Å². The third kappa shape index (κ3) is 4.82. The van der Waals surface area contributed by atoms with Crippen LogP contribution in [0.1, 0.15) is 40.0 Å². The van der Waals surface area contributed by atoms with Crippen LogP contribution in [-0.2, 0) is 19.1 Å². The minimum atomic E-state index is -1.20. The van der Waals surface area contributed by atoms with Gasteiger partial charge in [-0.15, -0.1) is 0 Å². The lowest BCUT2D eigenvalue weighted by Gasteiger charge is -2.37. The molecule has 1 rings (SSSR count). The molecule has 2 N–H and O–H groups in total. The number of rotatable bonds is 5. The number of aliphatic hydroxyl groups excluding tert-OH is 1. The van der Waals surface area contributed by atoms with Crippen molar-refractivity contribution in [1.29, 1.82) is 0 Å². The van der Waals surface area contributed by atoms with Crippen LogP contribution in [0.15, 0.2) is 0 Å². The molecule has 0 saturated carbocycles. The standard InChI is InChI=1S/C15H26N2O6/c1-14(2,3)23-13(21)17-8-5-6-15(17,7-9-18)12(20)16-10-11(19)22-4/h18H,5-10H2,1-4H3,(H,16,20)/t15-/m1/s1. The Hall–Kier alpha value is -1.83. The maximum atomic E-state index is 12.6. The molecule has 0 spiro atoms. The maximum absolute atomic E-state index is 12.6. The smallest absolute Gasteiger partial charge is 0.411 e. The van der Waals surface area contributed by atoms with Crippen molar-refractivity contribution in [3.63, 3.8) is 0 Å². The second-order valence-corrected chi connectivity index (χ2v) is 6.50. The Morgan fingerprint density at radius 2 is 1.96 bits per heavy atom. The van der Waals surface area contributed by atoms with Crippen LogP contribution in [0.3, 0.4) is 0 Å². The van der Waals surface area contributed by atoms with Crippen molar-refractivity contribution >= 4 is 18.0 Å². The van der Waals surface area contributed by atoms with Gasteiger partial charge in [-0.2, -0.15) is 0 Å². The highest BCUT2D eigenvalue weighted by Gasteiger charge is 2.50. The fourth-order valence-electron chi connectivity index (χ4n) is 2.65. The Labute approximate surface area is 136 Å². The third-order valence-corrected chi connectivity index (χ3v) is 3.67. The summed E-state index contributed by atoms with van der Waals surface area (Å²) in [6, 6.07) is 0. The molecule has 8 nitrogen and oxygen atoms in total. The molecule has 0 aromatic heterocycles. The monoisotopic (exact) mass is 330 g/mol. The van der Waals surface area contributed by atoms with E-state index in [0.717, 1.165) is 0 Å². The molecule has 1 saturated heterocycles. The van der Waals surface area contributed by atoms with E-state index in [2.05, 4.69) is 10.1 Å².